The number of hydrogen-bond donors (Lipinski definition) is 1. The van der Waals surface area contributed by atoms with Gasteiger partial charge in [0, 0.05) is 0 Å². The molecule has 0 amide bonds. The van der Waals surface area contributed by atoms with Gasteiger partial charge in [-0.1, -0.05) is 30.3 Å². The molecule has 0 aliphatic carbocycles. The number of aliphatic hydroxyl groups is 1. The van der Waals surface area contributed by atoms with Crippen LogP contribution in [0.4, 0.5) is 0 Å². The van der Waals surface area contributed by atoms with Gasteiger partial charge < -0.3 is 9.67 Å². The van der Waals surface area contributed by atoms with E-state index in [2.05, 4.69) is 15.1 Å². The minimum atomic E-state index is -0.659. The molecule has 2 aromatic carbocycles. The van der Waals surface area contributed by atoms with Crippen molar-refractivity contribution >= 4 is 11.0 Å². The van der Waals surface area contributed by atoms with Crippen molar-refractivity contribution in [3.05, 3.63) is 72.6 Å². The molecule has 120 valence electrons. The molecule has 1 unspecified atom stereocenters. The Balaban J connectivity index is 1.72. The van der Waals surface area contributed by atoms with Crippen LogP contribution in [0, 0.1) is 0 Å². The Hall–Kier alpha value is -2.99. The molecule has 0 aliphatic heterocycles. The van der Waals surface area contributed by atoms with Crippen molar-refractivity contribution in [3.8, 4) is 5.69 Å². The van der Waals surface area contributed by atoms with Gasteiger partial charge in [0.15, 0.2) is 5.82 Å². The molecule has 0 aliphatic rings. The maximum atomic E-state index is 10.0. The van der Waals surface area contributed by atoms with E-state index in [4.69, 9.17) is 0 Å². The SMILES string of the molecule is CC(O)c1nc2ccccc2n1Cc1ncn(-c2ccccc2)n1. The van der Waals surface area contributed by atoms with Crippen LogP contribution in [-0.2, 0) is 6.54 Å². The first kappa shape index (κ1) is 14.6. The quantitative estimate of drug-likeness (QED) is 0.628. The van der Waals surface area contributed by atoms with E-state index >= 15 is 0 Å². The minimum Gasteiger partial charge on any atom is -0.385 e. The molecule has 1 N–H and O–H groups in total. The number of nitrogens with zero attached hydrogens (tertiary/aromatic N) is 5. The number of hydrogen-bond acceptors (Lipinski definition) is 4. The minimum absolute atomic E-state index is 0.459. The molecule has 0 fully saturated rings. The summed E-state index contributed by atoms with van der Waals surface area (Å²) in [5, 5.41) is 14.6. The summed E-state index contributed by atoms with van der Waals surface area (Å²) in [6.45, 7) is 2.17. The zero-order valence-electron chi connectivity index (χ0n) is 13.2. The molecular formula is C18H17N5O. The molecular weight excluding hydrogens is 302 g/mol. The molecule has 0 bridgehead atoms. The summed E-state index contributed by atoms with van der Waals surface area (Å²) in [5.41, 5.74) is 2.78. The monoisotopic (exact) mass is 319 g/mol. The summed E-state index contributed by atoms with van der Waals surface area (Å²) >= 11 is 0. The molecule has 0 saturated carbocycles. The molecule has 4 aromatic rings. The van der Waals surface area contributed by atoms with Gasteiger partial charge >= 0.3 is 0 Å². The number of para-hydroxylation sites is 3. The van der Waals surface area contributed by atoms with Gasteiger partial charge in [0.2, 0.25) is 0 Å². The summed E-state index contributed by atoms with van der Waals surface area (Å²) in [6, 6.07) is 17.7. The Kier molecular flexibility index (Phi) is 3.59. The van der Waals surface area contributed by atoms with Crippen LogP contribution < -0.4 is 0 Å². The number of imidazole rings is 1. The highest BCUT2D eigenvalue weighted by Crippen LogP contribution is 2.21. The fourth-order valence-electron chi connectivity index (χ4n) is 2.80. The van der Waals surface area contributed by atoms with Crippen LogP contribution in [0.15, 0.2) is 60.9 Å². The van der Waals surface area contributed by atoms with E-state index in [9.17, 15) is 5.11 Å². The molecule has 2 aromatic heterocycles. The number of benzene rings is 2. The van der Waals surface area contributed by atoms with Crippen molar-refractivity contribution in [1.82, 2.24) is 24.3 Å². The Morgan fingerprint density at radius 1 is 1.04 bits per heavy atom. The second-order valence-corrected chi connectivity index (χ2v) is 5.66. The van der Waals surface area contributed by atoms with Crippen molar-refractivity contribution in [2.24, 2.45) is 0 Å². The Morgan fingerprint density at radius 3 is 2.58 bits per heavy atom. The van der Waals surface area contributed by atoms with E-state index in [0.717, 1.165) is 16.7 Å². The number of aromatic nitrogens is 5. The van der Waals surface area contributed by atoms with Crippen LogP contribution in [0.1, 0.15) is 24.7 Å². The van der Waals surface area contributed by atoms with Crippen LogP contribution in [0.2, 0.25) is 0 Å². The van der Waals surface area contributed by atoms with E-state index in [1.54, 1.807) is 17.9 Å². The second-order valence-electron chi connectivity index (χ2n) is 5.66. The van der Waals surface area contributed by atoms with Crippen LogP contribution in [0.5, 0.6) is 0 Å². The lowest BCUT2D eigenvalue weighted by molar-refractivity contribution is 0.185. The van der Waals surface area contributed by atoms with Gasteiger partial charge in [-0.15, -0.1) is 5.10 Å². The first-order valence-electron chi connectivity index (χ1n) is 7.81. The molecule has 2 heterocycles. The van der Waals surface area contributed by atoms with Gasteiger partial charge in [-0.2, -0.15) is 0 Å². The van der Waals surface area contributed by atoms with Crippen molar-refractivity contribution in [1.29, 1.82) is 0 Å². The Bertz CT molecular complexity index is 971. The number of fused-ring (bicyclic) bond motifs is 1. The van der Waals surface area contributed by atoms with Gasteiger partial charge in [-0.3, -0.25) is 0 Å². The predicted octanol–water partition coefficient (Wildman–Crippen LogP) is 2.72. The van der Waals surface area contributed by atoms with Gasteiger partial charge in [-0.05, 0) is 31.2 Å². The first-order valence-corrected chi connectivity index (χ1v) is 7.81. The summed E-state index contributed by atoms with van der Waals surface area (Å²) in [5.74, 6) is 1.29. The fourth-order valence-corrected chi connectivity index (χ4v) is 2.80. The number of aliphatic hydroxyl groups excluding tert-OH is 1. The van der Waals surface area contributed by atoms with Crippen LogP contribution >= 0.6 is 0 Å². The van der Waals surface area contributed by atoms with Crippen molar-refractivity contribution < 1.29 is 5.11 Å². The summed E-state index contributed by atoms with van der Waals surface area (Å²) in [4.78, 5) is 8.92. The maximum Gasteiger partial charge on any atom is 0.170 e. The zero-order chi connectivity index (χ0) is 16.5. The first-order chi connectivity index (χ1) is 11.7. The standard InChI is InChI=1S/C18H17N5O/c1-13(24)18-20-15-9-5-6-10-16(15)22(18)11-17-19-12-23(21-17)14-7-3-2-4-8-14/h2-10,12-13,24H,11H2,1H3. The van der Waals surface area contributed by atoms with E-state index in [0.29, 0.717) is 18.2 Å². The lowest BCUT2D eigenvalue weighted by Crippen LogP contribution is -2.09. The van der Waals surface area contributed by atoms with Crippen molar-refractivity contribution in [3.63, 3.8) is 0 Å². The summed E-state index contributed by atoms with van der Waals surface area (Å²) < 4.78 is 3.71. The number of rotatable bonds is 4. The van der Waals surface area contributed by atoms with Crippen LogP contribution in [-0.4, -0.2) is 29.4 Å². The molecule has 6 heteroatoms. The Labute approximate surface area is 139 Å². The molecule has 0 radical (unpaired) electrons. The summed E-state index contributed by atoms with van der Waals surface area (Å²) in [7, 11) is 0. The molecule has 0 spiro atoms. The predicted molar refractivity (Wildman–Crippen MR) is 90.8 cm³/mol. The van der Waals surface area contributed by atoms with Crippen LogP contribution in [0.25, 0.3) is 16.7 Å². The largest absolute Gasteiger partial charge is 0.385 e. The van der Waals surface area contributed by atoms with Gasteiger partial charge in [0.1, 0.15) is 18.3 Å². The molecule has 1 atom stereocenters. The lowest BCUT2D eigenvalue weighted by Gasteiger charge is -2.08. The molecule has 0 saturated heterocycles. The average Bonchev–Trinajstić information content (AvgIpc) is 3.21. The van der Waals surface area contributed by atoms with Gasteiger partial charge in [-0.25, -0.2) is 14.6 Å². The normalized spacial score (nSPS) is 12.6. The smallest absolute Gasteiger partial charge is 0.170 e. The van der Waals surface area contributed by atoms with Gasteiger partial charge in [0.05, 0.1) is 23.3 Å². The zero-order valence-corrected chi connectivity index (χ0v) is 13.2. The topological polar surface area (TPSA) is 68.8 Å². The molecule has 4 rings (SSSR count). The van der Waals surface area contributed by atoms with E-state index in [1.807, 2.05) is 59.2 Å². The highest BCUT2D eigenvalue weighted by Gasteiger charge is 2.16. The van der Waals surface area contributed by atoms with E-state index < -0.39 is 6.10 Å². The Morgan fingerprint density at radius 2 is 1.79 bits per heavy atom. The van der Waals surface area contributed by atoms with Crippen molar-refractivity contribution in [2.45, 2.75) is 19.6 Å². The third-order valence-corrected chi connectivity index (χ3v) is 3.92. The third-order valence-electron chi connectivity index (χ3n) is 3.92. The van der Waals surface area contributed by atoms with Crippen LogP contribution in [0.3, 0.4) is 0 Å². The highest BCUT2D eigenvalue weighted by atomic mass is 16.3. The molecule has 6 nitrogen and oxygen atoms in total. The van der Waals surface area contributed by atoms with Gasteiger partial charge in [0.25, 0.3) is 0 Å². The second kappa shape index (κ2) is 5.90. The summed E-state index contributed by atoms with van der Waals surface area (Å²) in [6.07, 6.45) is 1.04. The third kappa shape index (κ3) is 2.57. The maximum absolute atomic E-state index is 10.0. The van der Waals surface area contributed by atoms with Crippen molar-refractivity contribution in [2.75, 3.05) is 0 Å². The molecule has 24 heavy (non-hydrogen) atoms. The highest BCUT2D eigenvalue weighted by molar-refractivity contribution is 5.76. The van der Waals surface area contributed by atoms with E-state index in [-0.39, 0.29) is 0 Å². The lowest BCUT2D eigenvalue weighted by atomic mass is 10.3. The van der Waals surface area contributed by atoms with E-state index in [1.165, 1.54) is 0 Å². The fraction of sp³-hybridized carbons (Fsp3) is 0.167. The average molecular weight is 319 g/mol.